The molecule has 0 amide bonds. The van der Waals surface area contributed by atoms with Gasteiger partial charge in [0.2, 0.25) is 0 Å². The van der Waals surface area contributed by atoms with E-state index in [1.165, 1.54) is 42.4 Å². The lowest BCUT2D eigenvalue weighted by Gasteiger charge is -2.20. The Morgan fingerprint density at radius 2 is 1.12 bits per heavy atom. The van der Waals surface area contributed by atoms with Crippen molar-refractivity contribution < 1.29 is 56.3 Å². The van der Waals surface area contributed by atoms with Crippen LogP contribution in [0.5, 0.6) is 0 Å². The Labute approximate surface area is 353 Å². The van der Waals surface area contributed by atoms with Crippen molar-refractivity contribution >= 4 is 25.7 Å². The maximum Gasteiger partial charge on any atom is 0.472 e. The van der Waals surface area contributed by atoms with E-state index in [4.69, 9.17) is 33.7 Å². The van der Waals surface area contributed by atoms with E-state index in [1.54, 1.807) is 0 Å². The molecule has 0 saturated heterocycles. The van der Waals surface area contributed by atoms with Gasteiger partial charge in [-0.2, -0.15) is 0 Å². The molecule has 59 heavy (non-hydrogen) atoms. The van der Waals surface area contributed by atoms with E-state index in [0.29, 0.717) is 12.8 Å². The van der Waals surface area contributed by atoms with Gasteiger partial charge < -0.3 is 34.0 Å². The summed E-state index contributed by atoms with van der Waals surface area (Å²) in [6.45, 7) is 9.06. The second kappa shape index (κ2) is 30.1. The van der Waals surface area contributed by atoms with Crippen LogP contribution in [-0.4, -0.2) is 59.9 Å². The number of carboxylic acid groups (broad SMARTS) is 1. The van der Waals surface area contributed by atoms with E-state index >= 15 is 0 Å². The van der Waals surface area contributed by atoms with Gasteiger partial charge in [0.05, 0.1) is 13.2 Å². The van der Waals surface area contributed by atoms with Gasteiger partial charge >= 0.3 is 25.7 Å². The minimum atomic E-state index is -4.74. The lowest BCUT2D eigenvalue weighted by molar-refractivity contribution is -0.161. The van der Waals surface area contributed by atoms with Crippen molar-refractivity contribution in [2.45, 2.75) is 201 Å². The van der Waals surface area contributed by atoms with Gasteiger partial charge in [-0.05, 0) is 82.1 Å². The number of hydrogen-bond acceptors (Lipinski definition) is 11. The lowest BCUT2D eigenvalue weighted by Crippen LogP contribution is -2.34. The Bertz CT molecular complexity index is 1530. The van der Waals surface area contributed by atoms with E-state index in [9.17, 15) is 23.8 Å². The van der Waals surface area contributed by atoms with Crippen LogP contribution in [0, 0.1) is 20.8 Å². The predicted octanol–water partition coefficient (Wildman–Crippen LogP) is 10.5. The molecule has 14 heteroatoms. The Hall–Kier alpha value is -2.96. The monoisotopic (exact) mass is 854 g/mol. The van der Waals surface area contributed by atoms with Crippen molar-refractivity contribution in [1.29, 1.82) is 0 Å². The van der Waals surface area contributed by atoms with E-state index in [2.05, 4.69) is 45.2 Å². The number of hydrogen-bond donors (Lipinski definition) is 3. The third-order valence-corrected chi connectivity index (χ3v) is 11.7. The number of carbonyl (C=O) groups is 3. The molecule has 0 fully saturated rings. The molecule has 3 unspecified atom stereocenters. The second-order valence-corrected chi connectivity index (χ2v) is 17.4. The summed E-state index contributed by atoms with van der Waals surface area (Å²) in [4.78, 5) is 46.3. The van der Waals surface area contributed by atoms with Gasteiger partial charge in [0.25, 0.3) is 0 Å². The number of ether oxygens (including phenoxy) is 2. The number of furan rings is 2. The number of aliphatic carboxylic acids is 1. The van der Waals surface area contributed by atoms with E-state index in [-0.39, 0.29) is 19.4 Å². The number of rotatable bonds is 36. The lowest BCUT2D eigenvalue weighted by atomic mass is 10.0. The number of unbranched alkanes of at least 4 members (excludes halogenated alkanes) is 14. The average Bonchev–Trinajstić information content (AvgIpc) is 3.69. The normalized spacial score (nSPS) is 13.6. The molecule has 0 aliphatic carbocycles. The first-order chi connectivity index (χ1) is 28.3. The largest absolute Gasteiger partial charge is 0.480 e. The molecule has 4 N–H and O–H groups in total. The minimum absolute atomic E-state index is 0.123. The highest BCUT2D eigenvalue weighted by molar-refractivity contribution is 7.47. The maximum atomic E-state index is 12.7. The topological polar surface area (TPSA) is 198 Å². The van der Waals surface area contributed by atoms with Crippen molar-refractivity contribution in [3.05, 3.63) is 45.8 Å². The summed E-state index contributed by atoms with van der Waals surface area (Å²) in [5.41, 5.74) is 9.13. The highest BCUT2D eigenvalue weighted by Gasteiger charge is 2.28. The Balaban J connectivity index is 1.69. The Morgan fingerprint density at radius 1 is 0.644 bits per heavy atom. The van der Waals surface area contributed by atoms with Gasteiger partial charge in [0, 0.05) is 38.5 Å². The van der Waals surface area contributed by atoms with Crippen LogP contribution in [0.25, 0.3) is 0 Å². The number of phosphoric ester groups is 1. The fourth-order valence-electron chi connectivity index (χ4n) is 6.85. The van der Waals surface area contributed by atoms with Crippen LogP contribution in [0.15, 0.2) is 14.9 Å². The molecule has 2 aromatic heterocycles. The van der Waals surface area contributed by atoms with Crippen molar-refractivity contribution in [2.75, 3.05) is 19.8 Å². The number of carbonyl (C=O) groups excluding carboxylic acids is 2. The number of esters is 2. The van der Waals surface area contributed by atoms with Crippen LogP contribution in [0.3, 0.4) is 0 Å². The highest BCUT2D eigenvalue weighted by Crippen LogP contribution is 2.43. The third kappa shape index (κ3) is 23.0. The highest BCUT2D eigenvalue weighted by atomic mass is 31.2. The molecule has 2 rings (SSSR count). The van der Waals surface area contributed by atoms with E-state index in [0.717, 1.165) is 126 Å². The van der Waals surface area contributed by atoms with Crippen LogP contribution >= 0.6 is 7.82 Å². The average molecular weight is 854 g/mol. The molecule has 2 aromatic rings. The SMILES string of the molecule is CCCCCc1cc(C)c(CCCCCCCCC(=O)OC(COC(=O)CCCCCCCCc2oc(CCCCC)c(C)c2C)COP(=O)(O)OCC(N)C(=O)O)o1. The molecule has 338 valence electrons. The van der Waals surface area contributed by atoms with Crippen LogP contribution in [0.4, 0.5) is 0 Å². The standard InChI is InChI=1S/C45H76NO12P/c1-6-8-18-24-37-30-34(3)40(56-37)25-20-14-10-13-17-23-29-44(48)57-38(32-54-59(51,52)55-33-39(46)45(49)50)31-53-43(47)28-22-16-12-11-15-21-27-42-36(5)35(4)41(58-42)26-19-9-7-2/h30,38-39H,6-29,31-33,46H2,1-5H3,(H,49,50)(H,51,52). The molecular weight excluding hydrogens is 777 g/mol. The third-order valence-electron chi connectivity index (χ3n) is 10.7. The number of nitrogens with two attached hydrogens (primary N) is 1. The summed E-state index contributed by atoms with van der Waals surface area (Å²) in [7, 11) is -4.74. The first-order valence-corrected chi connectivity index (χ1v) is 23.9. The summed E-state index contributed by atoms with van der Waals surface area (Å²) < 4.78 is 45.1. The zero-order valence-electron chi connectivity index (χ0n) is 36.8. The molecule has 0 spiro atoms. The number of carboxylic acids is 1. The number of phosphoric acid groups is 1. The first-order valence-electron chi connectivity index (χ1n) is 22.4. The van der Waals surface area contributed by atoms with Gasteiger partial charge in [-0.3, -0.25) is 23.4 Å². The Kier molecular flexibility index (Phi) is 26.6. The zero-order valence-corrected chi connectivity index (χ0v) is 37.7. The summed E-state index contributed by atoms with van der Waals surface area (Å²) in [5.74, 6) is 1.95. The van der Waals surface area contributed by atoms with E-state index < -0.39 is 51.1 Å². The van der Waals surface area contributed by atoms with Crippen LogP contribution in [-0.2, 0) is 63.2 Å². The number of aryl methyl sites for hydroxylation is 5. The van der Waals surface area contributed by atoms with Gasteiger partial charge in [-0.1, -0.05) is 90.9 Å². The maximum absolute atomic E-state index is 12.7. The quantitative estimate of drug-likeness (QED) is 0.0333. The molecule has 0 aliphatic heterocycles. The smallest absolute Gasteiger partial charge is 0.472 e. The molecule has 0 aliphatic rings. The molecule has 2 heterocycles. The molecular formula is C45H76NO12P. The van der Waals surface area contributed by atoms with Gasteiger partial charge in [-0.15, -0.1) is 0 Å². The summed E-state index contributed by atoms with van der Waals surface area (Å²) in [5, 5.41) is 8.92. The molecule has 13 nitrogen and oxygen atoms in total. The van der Waals surface area contributed by atoms with Gasteiger partial charge in [0.15, 0.2) is 6.10 Å². The molecule has 3 atom stereocenters. The van der Waals surface area contributed by atoms with Crippen LogP contribution in [0.2, 0.25) is 0 Å². The fraction of sp³-hybridized carbons (Fsp3) is 0.756. The molecule has 0 radical (unpaired) electrons. The van der Waals surface area contributed by atoms with Crippen molar-refractivity contribution in [3.63, 3.8) is 0 Å². The van der Waals surface area contributed by atoms with Gasteiger partial charge in [0.1, 0.15) is 35.7 Å². The van der Waals surface area contributed by atoms with Crippen LogP contribution < -0.4 is 5.73 Å². The molecule has 0 aromatic carbocycles. The first kappa shape index (κ1) is 52.2. The minimum Gasteiger partial charge on any atom is -0.480 e. The van der Waals surface area contributed by atoms with Crippen molar-refractivity contribution in [2.24, 2.45) is 5.73 Å². The predicted molar refractivity (Wildman–Crippen MR) is 228 cm³/mol. The Morgan fingerprint density at radius 3 is 1.68 bits per heavy atom. The van der Waals surface area contributed by atoms with Crippen LogP contribution in [0.1, 0.15) is 182 Å². The molecule has 0 bridgehead atoms. The second-order valence-electron chi connectivity index (χ2n) is 16.0. The van der Waals surface area contributed by atoms with Gasteiger partial charge in [-0.25, -0.2) is 4.57 Å². The molecule has 0 saturated carbocycles. The fourth-order valence-corrected chi connectivity index (χ4v) is 7.63. The zero-order chi connectivity index (χ0) is 43.5. The van der Waals surface area contributed by atoms with E-state index in [1.807, 2.05) is 0 Å². The summed E-state index contributed by atoms with van der Waals surface area (Å²) in [6.07, 6.45) is 21.3. The van der Waals surface area contributed by atoms with Crippen molar-refractivity contribution in [3.8, 4) is 0 Å². The van der Waals surface area contributed by atoms with Crippen molar-refractivity contribution in [1.82, 2.24) is 0 Å². The summed E-state index contributed by atoms with van der Waals surface area (Å²) >= 11 is 0. The summed E-state index contributed by atoms with van der Waals surface area (Å²) in [6, 6.07) is 0.629.